The van der Waals surface area contributed by atoms with Crippen molar-refractivity contribution in [1.82, 2.24) is 0 Å². The van der Waals surface area contributed by atoms with E-state index in [1.54, 1.807) is 12.1 Å². The fourth-order valence-electron chi connectivity index (χ4n) is 2.44. The third-order valence-electron chi connectivity index (χ3n) is 3.14. The van der Waals surface area contributed by atoms with Crippen LogP contribution in [0, 0.1) is 12.7 Å². The largest absolute Gasteiger partial charge is 0.207 e. The molecule has 0 saturated heterocycles. The Kier molecular flexibility index (Phi) is 2.85. The van der Waals surface area contributed by atoms with E-state index in [9.17, 15) is 4.39 Å². The van der Waals surface area contributed by atoms with Crippen LogP contribution in [0.15, 0.2) is 18.2 Å². The van der Waals surface area contributed by atoms with Gasteiger partial charge in [-0.25, -0.2) is 4.39 Å². The Balaban J connectivity index is 2.21. The summed E-state index contributed by atoms with van der Waals surface area (Å²) < 4.78 is 13.2. The Bertz CT molecular complexity index is 291. The van der Waals surface area contributed by atoms with E-state index in [2.05, 4.69) is 6.07 Å². The zero-order valence-corrected chi connectivity index (χ0v) is 8.72. The average Bonchev–Trinajstić information content (AvgIpc) is 2.18. The summed E-state index contributed by atoms with van der Waals surface area (Å²) in [5, 5.41) is 0. The fraction of sp³-hybridized carbons (Fsp3) is 0.538. The second-order valence-electron chi connectivity index (χ2n) is 4.40. The van der Waals surface area contributed by atoms with Crippen LogP contribution in [0.3, 0.4) is 0 Å². The van der Waals surface area contributed by atoms with Crippen LogP contribution in [0.2, 0.25) is 0 Å². The van der Waals surface area contributed by atoms with Gasteiger partial charge in [-0.05, 0) is 48.9 Å². The molecule has 76 valence electrons. The Hall–Kier alpha value is -0.850. The molecule has 0 unspecified atom stereocenters. The van der Waals surface area contributed by atoms with Crippen molar-refractivity contribution in [3.05, 3.63) is 35.1 Å². The molecule has 0 spiro atoms. The van der Waals surface area contributed by atoms with Crippen molar-refractivity contribution in [2.75, 3.05) is 0 Å². The van der Waals surface area contributed by atoms with Crippen molar-refractivity contribution < 1.29 is 4.39 Å². The highest BCUT2D eigenvalue weighted by molar-refractivity contribution is 5.26. The maximum Gasteiger partial charge on any atom is 0.123 e. The number of halogens is 1. The van der Waals surface area contributed by atoms with Gasteiger partial charge in [-0.2, -0.15) is 0 Å². The van der Waals surface area contributed by atoms with Crippen LogP contribution in [0.1, 0.15) is 49.1 Å². The zero-order chi connectivity index (χ0) is 9.97. The van der Waals surface area contributed by atoms with Gasteiger partial charge in [0.2, 0.25) is 0 Å². The van der Waals surface area contributed by atoms with Crippen molar-refractivity contribution in [3.63, 3.8) is 0 Å². The zero-order valence-electron chi connectivity index (χ0n) is 8.72. The highest BCUT2D eigenvalue weighted by Gasteiger charge is 2.15. The molecule has 0 bridgehead atoms. The highest BCUT2D eigenvalue weighted by Crippen LogP contribution is 2.33. The van der Waals surface area contributed by atoms with Crippen LogP contribution < -0.4 is 0 Å². The second kappa shape index (κ2) is 4.12. The van der Waals surface area contributed by atoms with Crippen LogP contribution in [-0.2, 0) is 0 Å². The molecule has 0 heterocycles. The molecule has 0 amide bonds. The van der Waals surface area contributed by atoms with Crippen molar-refractivity contribution >= 4 is 0 Å². The van der Waals surface area contributed by atoms with E-state index in [0.29, 0.717) is 5.92 Å². The van der Waals surface area contributed by atoms with Crippen molar-refractivity contribution in [1.29, 1.82) is 0 Å². The van der Waals surface area contributed by atoms with E-state index in [4.69, 9.17) is 0 Å². The first-order chi connectivity index (χ1) is 6.75. The van der Waals surface area contributed by atoms with Gasteiger partial charge in [-0.3, -0.25) is 0 Å². The summed E-state index contributed by atoms with van der Waals surface area (Å²) in [5.41, 5.74) is 2.26. The lowest BCUT2D eigenvalue weighted by Crippen LogP contribution is -2.05. The Morgan fingerprint density at radius 2 is 1.79 bits per heavy atom. The molecule has 0 aliphatic heterocycles. The molecule has 0 nitrogen and oxygen atoms in total. The third kappa shape index (κ3) is 2.14. The molecule has 0 N–H and O–H groups in total. The highest BCUT2D eigenvalue weighted by atomic mass is 19.1. The van der Waals surface area contributed by atoms with Crippen LogP contribution in [-0.4, -0.2) is 0 Å². The smallest absolute Gasteiger partial charge is 0.123 e. The molecular weight excluding hydrogens is 175 g/mol. The van der Waals surface area contributed by atoms with E-state index in [0.717, 1.165) is 5.56 Å². The molecule has 1 heteroatoms. The average molecular weight is 192 g/mol. The van der Waals surface area contributed by atoms with Gasteiger partial charge in [0.1, 0.15) is 5.82 Å². The lowest BCUT2D eigenvalue weighted by Gasteiger charge is -2.22. The number of rotatable bonds is 1. The summed E-state index contributed by atoms with van der Waals surface area (Å²) in [5.74, 6) is 0.531. The summed E-state index contributed by atoms with van der Waals surface area (Å²) in [4.78, 5) is 0. The minimum Gasteiger partial charge on any atom is -0.207 e. The SMILES string of the molecule is Cc1cc(F)cc(C2CCCCC2)c1. The molecule has 1 aliphatic rings. The molecule has 1 aromatic carbocycles. The lowest BCUT2D eigenvalue weighted by atomic mass is 9.84. The third-order valence-corrected chi connectivity index (χ3v) is 3.14. The van der Waals surface area contributed by atoms with Gasteiger partial charge in [0.05, 0.1) is 0 Å². The molecule has 1 aromatic rings. The van der Waals surface area contributed by atoms with Crippen molar-refractivity contribution in [2.45, 2.75) is 44.9 Å². The van der Waals surface area contributed by atoms with Crippen LogP contribution in [0.5, 0.6) is 0 Å². The molecule has 14 heavy (non-hydrogen) atoms. The standard InChI is InChI=1S/C13H17F/c1-10-7-12(9-13(14)8-10)11-5-3-2-4-6-11/h7-9,11H,2-6H2,1H3. The minimum atomic E-state index is -0.0782. The lowest BCUT2D eigenvalue weighted by molar-refractivity contribution is 0.442. The summed E-state index contributed by atoms with van der Waals surface area (Å²) in [7, 11) is 0. The summed E-state index contributed by atoms with van der Waals surface area (Å²) >= 11 is 0. The monoisotopic (exact) mass is 192 g/mol. The molecule has 2 rings (SSSR count). The Labute approximate surface area is 85.1 Å². The minimum absolute atomic E-state index is 0.0782. The number of hydrogen-bond donors (Lipinski definition) is 0. The fourth-order valence-corrected chi connectivity index (χ4v) is 2.44. The molecule has 0 atom stereocenters. The number of hydrogen-bond acceptors (Lipinski definition) is 0. The second-order valence-corrected chi connectivity index (χ2v) is 4.40. The van der Waals surface area contributed by atoms with Gasteiger partial charge in [-0.15, -0.1) is 0 Å². The van der Waals surface area contributed by atoms with Crippen LogP contribution in [0.25, 0.3) is 0 Å². The molecule has 0 radical (unpaired) electrons. The van der Waals surface area contributed by atoms with E-state index in [-0.39, 0.29) is 5.82 Å². The summed E-state index contributed by atoms with van der Waals surface area (Å²) in [6, 6.07) is 5.45. The molecule has 1 saturated carbocycles. The number of benzene rings is 1. The first-order valence-electron chi connectivity index (χ1n) is 5.53. The van der Waals surface area contributed by atoms with E-state index in [1.807, 2.05) is 6.92 Å². The van der Waals surface area contributed by atoms with Gasteiger partial charge in [0, 0.05) is 0 Å². The molecule has 1 fully saturated rings. The predicted molar refractivity (Wildman–Crippen MR) is 57.0 cm³/mol. The predicted octanol–water partition coefficient (Wildman–Crippen LogP) is 4.18. The van der Waals surface area contributed by atoms with Crippen LogP contribution in [0.4, 0.5) is 4.39 Å². The topological polar surface area (TPSA) is 0 Å². The Morgan fingerprint density at radius 1 is 1.07 bits per heavy atom. The molecular formula is C13H17F. The number of aryl methyl sites for hydroxylation is 1. The van der Waals surface area contributed by atoms with Gasteiger partial charge >= 0.3 is 0 Å². The first-order valence-corrected chi connectivity index (χ1v) is 5.53. The maximum absolute atomic E-state index is 13.2. The van der Waals surface area contributed by atoms with Gasteiger partial charge in [0.15, 0.2) is 0 Å². The van der Waals surface area contributed by atoms with E-state index >= 15 is 0 Å². The summed E-state index contributed by atoms with van der Waals surface area (Å²) in [6.07, 6.45) is 6.44. The maximum atomic E-state index is 13.2. The van der Waals surface area contributed by atoms with Crippen LogP contribution >= 0.6 is 0 Å². The summed E-state index contributed by atoms with van der Waals surface area (Å²) in [6.45, 7) is 1.97. The van der Waals surface area contributed by atoms with Gasteiger partial charge in [0.25, 0.3) is 0 Å². The van der Waals surface area contributed by atoms with Crippen molar-refractivity contribution in [3.8, 4) is 0 Å². The Morgan fingerprint density at radius 3 is 2.43 bits per heavy atom. The molecule has 1 aliphatic carbocycles. The molecule has 0 aromatic heterocycles. The van der Waals surface area contributed by atoms with E-state index < -0.39 is 0 Å². The van der Waals surface area contributed by atoms with E-state index in [1.165, 1.54) is 37.7 Å². The quantitative estimate of drug-likeness (QED) is 0.626. The normalized spacial score (nSPS) is 18.4. The van der Waals surface area contributed by atoms with Gasteiger partial charge in [-0.1, -0.05) is 25.3 Å². The van der Waals surface area contributed by atoms with Gasteiger partial charge < -0.3 is 0 Å². The first kappa shape index (κ1) is 9.70. The van der Waals surface area contributed by atoms with Crippen molar-refractivity contribution in [2.24, 2.45) is 0 Å².